The zero-order chi connectivity index (χ0) is 11.0. The first-order chi connectivity index (χ1) is 7.86. The van der Waals surface area contributed by atoms with Crippen molar-refractivity contribution in [2.45, 2.75) is 18.3 Å². The highest BCUT2D eigenvalue weighted by Gasteiger charge is 2.44. The van der Waals surface area contributed by atoms with Gasteiger partial charge in [0.1, 0.15) is 0 Å². The van der Waals surface area contributed by atoms with Gasteiger partial charge < -0.3 is 5.32 Å². The molecule has 0 saturated heterocycles. The summed E-state index contributed by atoms with van der Waals surface area (Å²) in [6.07, 6.45) is 4.52. The third-order valence-corrected chi connectivity index (χ3v) is 3.59. The average Bonchev–Trinajstić information content (AvgIpc) is 3.10. The van der Waals surface area contributed by atoms with Crippen LogP contribution in [0.15, 0.2) is 36.5 Å². The van der Waals surface area contributed by atoms with Crippen molar-refractivity contribution in [3.8, 4) is 0 Å². The average molecular weight is 212 g/mol. The first-order valence-electron chi connectivity index (χ1n) is 5.85. The van der Waals surface area contributed by atoms with Crippen molar-refractivity contribution in [1.29, 1.82) is 0 Å². The van der Waals surface area contributed by atoms with E-state index >= 15 is 0 Å². The number of pyridine rings is 1. The Morgan fingerprint density at radius 3 is 2.81 bits per heavy atom. The van der Waals surface area contributed by atoms with Gasteiger partial charge in [-0.05, 0) is 37.6 Å². The highest BCUT2D eigenvalue weighted by atomic mass is 14.8. The van der Waals surface area contributed by atoms with Crippen LogP contribution in [0.4, 0.5) is 0 Å². The number of benzene rings is 1. The summed E-state index contributed by atoms with van der Waals surface area (Å²) in [5.74, 6) is 0. The number of rotatable bonds is 3. The fraction of sp³-hybridized carbons (Fsp3) is 0.357. The number of fused-ring (bicyclic) bond motifs is 1. The lowest BCUT2D eigenvalue weighted by Gasteiger charge is -2.17. The maximum atomic E-state index is 4.42. The topological polar surface area (TPSA) is 24.9 Å². The van der Waals surface area contributed by atoms with Crippen LogP contribution in [-0.2, 0) is 5.41 Å². The van der Waals surface area contributed by atoms with Crippen molar-refractivity contribution in [3.63, 3.8) is 0 Å². The summed E-state index contributed by atoms with van der Waals surface area (Å²) in [7, 11) is 2.03. The summed E-state index contributed by atoms with van der Waals surface area (Å²) in [6.45, 7) is 1.07. The minimum atomic E-state index is 0.372. The number of aromatic nitrogens is 1. The zero-order valence-corrected chi connectivity index (χ0v) is 9.53. The minimum absolute atomic E-state index is 0.372. The highest BCUT2D eigenvalue weighted by molar-refractivity contribution is 5.83. The van der Waals surface area contributed by atoms with Gasteiger partial charge in [-0.1, -0.05) is 18.2 Å². The normalized spacial score (nSPS) is 17.6. The SMILES string of the molecule is CNCC1(c2ccnc3ccccc23)CC1. The summed E-state index contributed by atoms with van der Waals surface area (Å²) >= 11 is 0. The van der Waals surface area contributed by atoms with Crippen LogP contribution in [0.1, 0.15) is 18.4 Å². The maximum Gasteiger partial charge on any atom is 0.0704 e. The molecule has 1 aliphatic carbocycles. The lowest BCUT2D eigenvalue weighted by atomic mass is 9.93. The molecule has 1 saturated carbocycles. The van der Waals surface area contributed by atoms with Gasteiger partial charge in [-0.15, -0.1) is 0 Å². The molecule has 1 aromatic carbocycles. The van der Waals surface area contributed by atoms with E-state index in [0.29, 0.717) is 5.41 Å². The fourth-order valence-electron chi connectivity index (χ4n) is 2.59. The van der Waals surface area contributed by atoms with E-state index in [0.717, 1.165) is 12.1 Å². The van der Waals surface area contributed by atoms with Gasteiger partial charge in [0.15, 0.2) is 0 Å². The smallest absolute Gasteiger partial charge is 0.0704 e. The van der Waals surface area contributed by atoms with Gasteiger partial charge in [0.05, 0.1) is 5.52 Å². The van der Waals surface area contributed by atoms with Gasteiger partial charge in [0.25, 0.3) is 0 Å². The van der Waals surface area contributed by atoms with Crippen molar-refractivity contribution in [1.82, 2.24) is 10.3 Å². The standard InChI is InChI=1S/C14H16N2/c1-15-10-14(7-8-14)12-6-9-16-13-5-3-2-4-11(12)13/h2-6,9,15H,7-8,10H2,1H3. The second-order valence-corrected chi connectivity index (χ2v) is 4.69. The predicted octanol–water partition coefficient (Wildman–Crippen LogP) is 2.49. The summed E-state index contributed by atoms with van der Waals surface area (Å²) in [5, 5.41) is 4.63. The third-order valence-electron chi connectivity index (χ3n) is 3.59. The molecule has 16 heavy (non-hydrogen) atoms. The Labute approximate surface area is 95.7 Å². The molecule has 2 heteroatoms. The Balaban J connectivity index is 2.17. The molecule has 2 nitrogen and oxygen atoms in total. The molecule has 0 unspecified atom stereocenters. The van der Waals surface area contributed by atoms with Crippen LogP contribution < -0.4 is 5.32 Å². The first-order valence-corrected chi connectivity index (χ1v) is 5.85. The van der Waals surface area contributed by atoms with Crippen molar-refractivity contribution in [2.75, 3.05) is 13.6 Å². The molecule has 1 heterocycles. The van der Waals surface area contributed by atoms with Crippen LogP contribution >= 0.6 is 0 Å². The Morgan fingerprint density at radius 2 is 2.06 bits per heavy atom. The van der Waals surface area contributed by atoms with Gasteiger partial charge in [-0.25, -0.2) is 0 Å². The molecule has 2 aromatic rings. The van der Waals surface area contributed by atoms with Crippen LogP contribution in [0.25, 0.3) is 10.9 Å². The number of likely N-dealkylation sites (N-methyl/N-ethyl adjacent to an activating group) is 1. The van der Waals surface area contributed by atoms with Crippen LogP contribution in [0.2, 0.25) is 0 Å². The molecular formula is C14H16N2. The largest absolute Gasteiger partial charge is 0.319 e. The van der Waals surface area contributed by atoms with E-state index in [9.17, 15) is 0 Å². The first kappa shape index (κ1) is 9.79. The number of nitrogens with zero attached hydrogens (tertiary/aromatic N) is 1. The molecule has 1 aromatic heterocycles. The summed E-state index contributed by atoms with van der Waals surface area (Å²) in [5.41, 5.74) is 2.95. The van der Waals surface area contributed by atoms with E-state index in [1.165, 1.54) is 23.8 Å². The molecular weight excluding hydrogens is 196 g/mol. The van der Waals surface area contributed by atoms with Gasteiger partial charge in [-0.3, -0.25) is 4.98 Å². The molecule has 0 atom stereocenters. The fourth-order valence-corrected chi connectivity index (χ4v) is 2.59. The van der Waals surface area contributed by atoms with E-state index in [1.807, 2.05) is 13.2 Å². The third kappa shape index (κ3) is 1.41. The van der Waals surface area contributed by atoms with Crippen molar-refractivity contribution in [2.24, 2.45) is 0 Å². The zero-order valence-electron chi connectivity index (χ0n) is 9.53. The van der Waals surface area contributed by atoms with Gasteiger partial charge in [0.2, 0.25) is 0 Å². The quantitative estimate of drug-likeness (QED) is 0.845. The molecule has 0 radical (unpaired) electrons. The van der Waals surface area contributed by atoms with Gasteiger partial charge in [0, 0.05) is 23.5 Å². The van der Waals surface area contributed by atoms with Crippen molar-refractivity contribution < 1.29 is 0 Å². The predicted molar refractivity (Wildman–Crippen MR) is 66.6 cm³/mol. The molecule has 1 N–H and O–H groups in total. The number of hydrogen-bond acceptors (Lipinski definition) is 2. The maximum absolute atomic E-state index is 4.42. The Morgan fingerprint density at radius 1 is 1.25 bits per heavy atom. The Kier molecular flexibility index (Phi) is 2.18. The summed E-state index contributed by atoms with van der Waals surface area (Å²) in [4.78, 5) is 4.42. The molecule has 0 spiro atoms. The van der Waals surface area contributed by atoms with Crippen molar-refractivity contribution >= 4 is 10.9 Å². The number of para-hydroxylation sites is 1. The summed E-state index contributed by atoms with van der Waals surface area (Å²) in [6, 6.07) is 10.6. The van der Waals surface area contributed by atoms with E-state index in [2.05, 4.69) is 40.6 Å². The van der Waals surface area contributed by atoms with E-state index in [-0.39, 0.29) is 0 Å². The lowest BCUT2D eigenvalue weighted by Crippen LogP contribution is -2.23. The molecule has 1 fully saturated rings. The van der Waals surface area contributed by atoms with Gasteiger partial charge >= 0.3 is 0 Å². The van der Waals surface area contributed by atoms with Crippen LogP contribution in [0.5, 0.6) is 0 Å². The monoisotopic (exact) mass is 212 g/mol. The molecule has 3 rings (SSSR count). The molecule has 0 bridgehead atoms. The molecule has 0 aliphatic heterocycles. The van der Waals surface area contributed by atoms with Crippen LogP contribution in [-0.4, -0.2) is 18.6 Å². The minimum Gasteiger partial charge on any atom is -0.319 e. The second-order valence-electron chi connectivity index (χ2n) is 4.69. The lowest BCUT2D eigenvalue weighted by molar-refractivity contribution is 0.628. The van der Waals surface area contributed by atoms with Crippen LogP contribution in [0.3, 0.4) is 0 Å². The van der Waals surface area contributed by atoms with E-state index in [4.69, 9.17) is 0 Å². The molecule has 1 aliphatic rings. The molecule has 0 amide bonds. The van der Waals surface area contributed by atoms with E-state index in [1.54, 1.807) is 0 Å². The van der Waals surface area contributed by atoms with Crippen molar-refractivity contribution in [3.05, 3.63) is 42.1 Å². The number of nitrogens with one attached hydrogen (secondary N) is 1. The second kappa shape index (κ2) is 3.56. The highest BCUT2D eigenvalue weighted by Crippen LogP contribution is 2.49. The van der Waals surface area contributed by atoms with Gasteiger partial charge in [-0.2, -0.15) is 0 Å². The summed E-state index contributed by atoms with van der Waals surface area (Å²) < 4.78 is 0. The Bertz CT molecular complexity index is 510. The van der Waals surface area contributed by atoms with E-state index < -0.39 is 0 Å². The van der Waals surface area contributed by atoms with Crippen LogP contribution in [0, 0.1) is 0 Å². The molecule has 82 valence electrons. The number of hydrogen-bond donors (Lipinski definition) is 1. The Hall–Kier alpha value is -1.41.